The predicted octanol–water partition coefficient (Wildman–Crippen LogP) is 6.30. The van der Waals surface area contributed by atoms with Crippen LogP contribution < -0.4 is 5.32 Å². The maximum atomic E-state index is 11.8. The van der Waals surface area contributed by atoms with Crippen LogP contribution in [0.5, 0.6) is 0 Å². The molecule has 1 N–H and O–H groups in total. The van der Waals surface area contributed by atoms with Crippen molar-refractivity contribution in [1.82, 2.24) is 5.32 Å². The molecule has 0 aliphatic heterocycles. The molecule has 28 heavy (non-hydrogen) atoms. The Morgan fingerprint density at radius 3 is 2.36 bits per heavy atom. The van der Waals surface area contributed by atoms with E-state index in [1.165, 1.54) is 12.8 Å². The van der Waals surface area contributed by atoms with Gasteiger partial charge >= 0.3 is 0 Å². The minimum absolute atomic E-state index is 0.141. The molecule has 1 rings (SSSR count). The number of carbonyl (C=O) groups excluding carboxylic acids is 2. The van der Waals surface area contributed by atoms with Gasteiger partial charge in [-0.3, -0.25) is 9.59 Å². The Hall–Kier alpha value is -2.16. The van der Waals surface area contributed by atoms with Crippen LogP contribution in [0.4, 0.5) is 0 Å². The van der Waals surface area contributed by atoms with Crippen molar-refractivity contribution in [3.8, 4) is 0 Å². The lowest BCUT2D eigenvalue weighted by Gasteiger charge is -2.05. The number of hydrogen-bond acceptors (Lipinski definition) is 2. The molecule has 0 aliphatic carbocycles. The topological polar surface area (TPSA) is 46.2 Å². The van der Waals surface area contributed by atoms with Gasteiger partial charge in [-0.15, -0.1) is 0 Å². The third-order valence-electron chi connectivity index (χ3n) is 4.66. The van der Waals surface area contributed by atoms with Crippen LogP contribution in [0.25, 0.3) is 0 Å². The summed E-state index contributed by atoms with van der Waals surface area (Å²) in [6.45, 7) is 2.76. The van der Waals surface area contributed by atoms with Crippen LogP contribution in [0, 0.1) is 0 Å². The molecule has 0 radical (unpaired) electrons. The highest BCUT2D eigenvalue weighted by Crippen LogP contribution is 2.08. The van der Waals surface area contributed by atoms with Gasteiger partial charge in [0.1, 0.15) is 0 Å². The molecule has 0 aromatic heterocycles. The highest BCUT2D eigenvalue weighted by atomic mass is 16.1. The summed E-state index contributed by atoms with van der Waals surface area (Å²) in [7, 11) is 0. The summed E-state index contributed by atoms with van der Waals surface area (Å²) in [5.41, 5.74) is 1.14. The van der Waals surface area contributed by atoms with Crippen LogP contribution in [0.1, 0.15) is 83.1 Å². The van der Waals surface area contributed by atoms with Crippen LogP contribution in [-0.2, 0) is 16.1 Å². The number of carbonyl (C=O) groups is 2. The quantitative estimate of drug-likeness (QED) is 0.207. The molecular formula is C25H37NO2. The molecule has 0 heterocycles. The molecule has 154 valence electrons. The van der Waals surface area contributed by atoms with Crippen LogP contribution >= 0.6 is 0 Å². The molecule has 0 fully saturated rings. The van der Waals surface area contributed by atoms with Gasteiger partial charge < -0.3 is 5.32 Å². The van der Waals surface area contributed by atoms with E-state index in [-0.39, 0.29) is 11.7 Å². The van der Waals surface area contributed by atoms with Crippen molar-refractivity contribution in [2.45, 2.75) is 84.1 Å². The monoisotopic (exact) mass is 383 g/mol. The van der Waals surface area contributed by atoms with Crippen LogP contribution in [0.2, 0.25) is 0 Å². The Kier molecular flexibility index (Phi) is 14.5. The van der Waals surface area contributed by atoms with Crippen molar-refractivity contribution < 1.29 is 9.59 Å². The fourth-order valence-corrected chi connectivity index (χ4v) is 2.93. The summed E-state index contributed by atoms with van der Waals surface area (Å²) in [5, 5.41) is 2.97. The highest BCUT2D eigenvalue weighted by molar-refractivity contribution is 5.89. The summed E-state index contributed by atoms with van der Waals surface area (Å²) >= 11 is 0. The Balaban J connectivity index is 1.91. The molecule has 0 spiro atoms. The van der Waals surface area contributed by atoms with Gasteiger partial charge in [0.25, 0.3) is 0 Å². The number of unbranched alkanes of at least 4 members (excludes halogenated alkanes) is 7. The SMILES string of the molecule is CCCCCC(=O)C=CC=CCCCCCCCC(=O)NCc1ccccc1. The summed E-state index contributed by atoms with van der Waals surface area (Å²) in [5.74, 6) is 0.369. The molecule has 0 saturated carbocycles. The van der Waals surface area contributed by atoms with E-state index in [1.54, 1.807) is 6.08 Å². The molecule has 1 aromatic rings. The number of ketones is 1. The van der Waals surface area contributed by atoms with Crippen molar-refractivity contribution in [3.63, 3.8) is 0 Å². The number of nitrogens with one attached hydrogen (secondary N) is 1. The summed E-state index contributed by atoms with van der Waals surface area (Å²) in [6, 6.07) is 10.0. The van der Waals surface area contributed by atoms with E-state index in [0.717, 1.165) is 50.5 Å². The molecule has 0 aliphatic rings. The molecule has 1 amide bonds. The zero-order chi connectivity index (χ0) is 20.3. The highest BCUT2D eigenvalue weighted by Gasteiger charge is 2.01. The van der Waals surface area contributed by atoms with Crippen molar-refractivity contribution in [3.05, 3.63) is 60.2 Å². The molecule has 0 unspecified atom stereocenters. The van der Waals surface area contributed by atoms with E-state index in [1.807, 2.05) is 42.5 Å². The average Bonchev–Trinajstić information content (AvgIpc) is 2.71. The van der Waals surface area contributed by atoms with Crippen molar-refractivity contribution in [1.29, 1.82) is 0 Å². The lowest BCUT2D eigenvalue weighted by molar-refractivity contribution is -0.121. The number of amides is 1. The molecular weight excluding hydrogens is 346 g/mol. The third-order valence-corrected chi connectivity index (χ3v) is 4.66. The Bertz CT molecular complexity index is 590. The first-order valence-corrected chi connectivity index (χ1v) is 10.9. The third kappa shape index (κ3) is 14.0. The number of hydrogen-bond donors (Lipinski definition) is 1. The van der Waals surface area contributed by atoms with E-state index < -0.39 is 0 Å². The molecule has 0 atom stereocenters. The minimum Gasteiger partial charge on any atom is -0.352 e. The maximum Gasteiger partial charge on any atom is 0.220 e. The second kappa shape index (κ2) is 17.0. The van der Waals surface area contributed by atoms with Gasteiger partial charge in [-0.2, -0.15) is 0 Å². The second-order valence-electron chi connectivity index (χ2n) is 7.28. The van der Waals surface area contributed by atoms with Gasteiger partial charge in [0.15, 0.2) is 5.78 Å². The first-order valence-electron chi connectivity index (χ1n) is 10.9. The number of rotatable bonds is 16. The fourth-order valence-electron chi connectivity index (χ4n) is 2.93. The summed E-state index contributed by atoms with van der Waals surface area (Å²) in [4.78, 5) is 23.4. The van der Waals surface area contributed by atoms with E-state index in [0.29, 0.717) is 19.4 Å². The zero-order valence-electron chi connectivity index (χ0n) is 17.5. The van der Waals surface area contributed by atoms with Crippen molar-refractivity contribution in [2.24, 2.45) is 0 Å². The van der Waals surface area contributed by atoms with Crippen molar-refractivity contribution in [2.75, 3.05) is 0 Å². The van der Waals surface area contributed by atoms with Gasteiger partial charge in [-0.25, -0.2) is 0 Å². The predicted molar refractivity (Wildman–Crippen MR) is 118 cm³/mol. The average molecular weight is 384 g/mol. The zero-order valence-corrected chi connectivity index (χ0v) is 17.5. The van der Waals surface area contributed by atoms with Crippen LogP contribution in [-0.4, -0.2) is 11.7 Å². The van der Waals surface area contributed by atoms with Gasteiger partial charge in [-0.05, 0) is 37.3 Å². The van der Waals surface area contributed by atoms with Crippen molar-refractivity contribution >= 4 is 11.7 Å². The molecule has 3 heteroatoms. The van der Waals surface area contributed by atoms with Gasteiger partial charge in [0.05, 0.1) is 0 Å². The van der Waals surface area contributed by atoms with Gasteiger partial charge in [-0.1, -0.05) is 87.6 Å². The Morgan fingerprint density at radius 2 is 1.57 bits per heavy atom. The Morgan fingerprint density at radius 1 is 0.857 bits per heavy atom. The maximum absolute atomic E-state index is 11.8. The van der Waals surface area contributed by atoms with E-state index >= 15 is 0 Å². The van der Waals surface area contributed by atoms with Gasteiger partial charge in [0, 0.05) is 19.4 Å². The minimum atomic E-state index is 0.141. The molecule has 0 saturated heterocycles. The standard InChI is InChI=1S/C25H37NO2/c1-2-3-12-19-24(27)20-15-9-7-5-4-6-8-10-16-21-25(28)26-22-23-17-13-11-14-18-23/h7,9,11,13-15,17-18,20H,2-6,8,10,12,16,19,21-22H2,1H3,(H,26,28). The summed E-state index contributed by atoms with van der Waals surface area (Å²) in [6.07, 6.45) is 18.9. The number of allylic oxidation sites excluding steroid dienone is 4. The Labute approximate surface area is 171 Å². The lowest BCUT2D eigenvalue weighted by atomic mass is 10.1. The first-order chi connectivity index (χ1) is 13.7. The largest absolute Gasteiger partial charge is 0.352 e. The molecule has 1 aromatic carbocycles. The fraction of sp³-hybridized carbons (Fsp3) is 0.520. The van der Waals surface area contributed by atoms with Crippen LogP contribution in [0.15, 0.2) is 54.6 Å². The number of benzene rings is 1. The van der Waals surface area contributed by atoms with E-state index in [9.17, 15) is 9.59 Å². The van der Waals surface area contributed by atoms with E-state index in [2.05, 4.69) is 18.3 Å². The summed E-state index contributed by atoms with van der Waals surface area (Å²) < 4.78 is 0. The molecule has 3 nitrogen and oxygen atoms in total. The smallest absolute Gasteiger partial charge is 0.220 e. The molecule has 0 bridgehead atoms. The first kappa shape index (κ1) is 23.9. The van der Waals surface area contributed by atoms with E-state index in [4.69, 9.17) is 0 Å². The van der Waals surface area contributed by atoms with Gasteiger partial charge in [0.2, 0.25) is 5.91 Å². The lowest BCUT2D eigenvalue weighted by Crippen LogP contribution is -2.22. The van der Waals surface area contributed by atoms with Crippen LogP contribution in [0.3, 0.4) is 0 Å². The second-order valence-corrected chi connectivity index (χ2v) is 7.28. The normalized spacial score (nSPS) is 11.3.